The molecule has 0 unspecified atom stereocenters. The van der Waals surface area contributed by atoms with Gasteiger partial charge in [-0.1, -0.05) is 12.8 Å². The van der Waals surface area contributed by atoms with Crippen LogP contribution in [0, 0.1) is 3.57 Å². The van der Waals surface area contributed by atoms with Crippen LogP contribution >= 0.6 is 33.9 Å². The summed E-state index contributed by atoms with van der Waals surface area (Å²) in [7, 11) is 1.51. The van der Waals surface area contributed by atoms with E-state index in [1.807, 2.05) is 22.6 Å². The van der Waals surface area contributed by atoms with Gasteiger partial charge in [0.15, 0.2) is 11.5 Å². The fraction of sp³-hybridized carbons (Fsp3) is 0.368. The third-order valence-electron chi connectivity index (χ3n) is 4.85. The topological polar surface area (TPSA) is 75.2 Å². The van der Waals surface area contributed by atoms with E-state index >= 15 is 0 Å². The van der Waals surface area contributed by atoms with E-state index in [1.165, 1.54) is 36.8 Å². The molecule has 5 nitrogen and oxygen atoms in total. The van der Waals surface area contributed by atoms with Crippen LogP contribution in [0.5, 0.6) is 11.5 Å². The minimum atomic E-state index is -0.0786. The average molecular weight is 482 g/mol. The molecule has 0 amide bonds. The fourth-order valence-corrected chi connectivity index (χ4v) is 5.38. The predicted molar refractivity (Wildman–Crippen MR) is 112 cm³/mol. The number of ether oxygens (including phenoxy) is 1. The summed E-state index contributed by atoms with van der Waals surface area (Å²) in [6.07, 6.45) is 6.80. The molecule has 4 rings (SSSR count). The SMILES string of the molecule is COc1cc(-c2nc3sc4c(c3c(=O)[nH]2)CCCCCC4)cc(I)c1O. The highest BCUT2D eigenvalue weighted by Gasteiger charge is 2.19. The lowest BCUT2D eigenvalue weighted by Gasteiger charge is -2.09. The van der Waals surface area contributed by atoms with Gasteiger partial charge in [-0.3, -0.25) is 4.79 Å². The molecule has 0 atom stereocenters. The normalized spacial score (nSPS) is 14.7. The lowest BCUT2D eigenvalue weighted by molar-refractivity contribution is 0.372. The number of hydrogen-bond acceptors (Lipinski definition) is 5. The largest absolute Gasteiger partial charge is 0.504 e. The van der Waals surface area contributed by atoms with Gasteiger partial charge >= 0.3 is 0 Å². The number of benzene rings is 1. The van der Waals surface area contributed by atoms with Gasteiger partial charge in [0.2, 0.25) is 0 Å². The number of nitrogens with zero attached hydrogens (tertiary/aromatic N) is 1. The predicted octanol–water partition coefficient (Wildman–Crippen LogP) is 4.63. The van der Waals surface area contributed by atoms with Crippen LogP contribution in [-0.2, 0) is 12.8 Å². The third-order valence-corrected chi connectivity index (χ3v) is 6.85. The van der Waals surface area contributed by atoms with Crippen molar-refractivity contribution in [3.8, 4) is 22.9 Å². The number of H-pyrrole nitrogens is 1. The van der Waals surface area contributed by atoms with E-state index in [2.05, 4.69) is 4.98 Å². The summed E-state index contributed by atoms with van der Waals surface area (Å²) in [5.41, 5.74) is 1.84. The molecule has 0 bridgehead atoms. The molecular formula is C19H19IN2O3S. The quantitative estimate of drug-likeness (QED) is 0.523. The number of rotatable bonds is 2. The summed E-state index contributed by atoms with van der Waals surface area (Å²) in [5.74, 6) is 0.973. The number of aromatic amines is 1. The maximum Gasteiger partial charge on any atom is 0.260 e. The van der Waals surface area contributed by atoms with Crippen molar-refractivity contribution >= 4 is 44.1 Å². The Morgan fingerprint density at radius 1 is 1.23 bits per heavy atom. The highest BCUT2D eigenvalue weighted by molar-refractivity contribution is 14.1. The molecule has 2 heterocycles. The second-order valence-corrected chi connectivity index (χ2v) is 8.77. The fourth-order valence-electron chi connectivity index (χ4n) is 3.52. The zero-order valence-electron chi connectivity index (χ0n) is 14.4. The van der Waals surface area contributed by atoms with E-state index in [0.717, 1.165) is 35.0 Å². The first-order chi connectivity index (χ1) is 12.6. The lowest BCUT2D eigenvalue weighted by Crippen LogP contribution is -2.10. The highest BCUT2D eigenvalue weighted by Crippen LogP contribution is 2.37. The van der Waals surface area contributed by atoms with Gasteiger partial charge in [-0.2, -0.15) is 0 Å². The smallest absolute Gasteiger partial charge is 0.260 e. The number of aromatic nitrogens is 2. The Morgan fingerprint density at radius 2 is 2.00 bits per heavy atom. The zero-order chi connectivity index (χ0) is 18.3. The van der Waals surface area contributed by atoms with Crippen molar-refractivity contribution in [1.82, 2.24) is 9.97 Å². The number of halogens is 1. The molecule has 0 fully saturated rings. The van der Waals surface area contributed by atoms with E-state index in [1.54, 1.807) is 23.5 Å². The van der Waals surface area contributed by atoms with Crippen LogP contribution in [0.3, 0.4) is 0 Å². The maximum absolute atomic E-state index is 12.8. The van der Waals surface area contributed by atoms with E-state index < -0.39 is 0 Å². The first-order valence-electron chi connectivity index (χ1n) is 8.70. The third kappa shape index (κ3) is 3.11. The van der Waals surface area contributed by atoms with Crippen LogP contribution in [-0.4, -0.2) is 22.2 Å². The van der Waals surface area contributed by atoms with Crippen LogP contribution in [0.25, 0.3) is 21.6 Å². The number of hydrogen-bond donors (Lipinski definition) is 2. The van der Waals surface area contributed by atoms with Crippen molar-refractivity contribution in [3.63, 3.8) is 0 Å². The Kier molecular flexibility index (Phi) is 4.92. The van der Waals surface area contributed by atoms with Crippen LogP contribution < -0.4 is 10.3 Å². The van der Waals surface area contributed by atoms with Crippen molar-refractivity contribution in [2.45, 2.75) is 38.5 Å². The summed E-state index contributed by atoms with van der Waals surface area (Å²) in [6, 6.07) is 3.50. The number of phenolic OH excluding ortho intramolecular Hbond substituents is 1. The monoisotopic (exact) mass is 482 g/mol. The van der Waals surface area contributed by atoms with E-state index in [4.69, 9.17) is 9.72 Å². The van der Waals surface area contributed by atoms with Gasteiger partial charge in [-0.15, -0.1) is 11.3 Å². The molecule has 0 aliphatic heterocycles. The van der Waals surface area contributed by atoms with Crippen LogP contribution in [0.4, 0.5) is 0 Å². The number of fused-ring (bicyclic) bond motifs is 3. The Morgan fingerprint density at radius 3 is 2.77 bits per heavy atom. The van der Waals surface area contributed by atoms with Gasteiger partial charge in [0.05, 0.1) is 16.1 Å². The summed E-state index contributed by atoms with van der Waals surface area (Å²) < 4.78 is 5.88. The molecule has 7 heteroatoms. The molecule has 1 aliphatic rings. The molecule has 0 saturated heterocycles. The van der Waals surface area contributed by atoms with Crippen molar-refractivity contribution in [3.05, 3.63) is 36.5 Å². The molecule has 136 valence electrons. The summed E-state index contributed by atoms with van der Waals surface area (Å²) >= 11 is 3.69. The molecule has 1 aromatic carbocycles. The molecule has 0 saturated carbocycles. The molecular weight excluding hydrogens is 463 g/mol. The second kappa shape index (κ2) is 7.19. The second-order valence-electron chi connectivity index (χ2n) is 6.52. The minimum absolute atomic E-state index is 0.0786. The van der Waals surface area contributed by atoms with Gasteiger partial charge < -0.3 is 14.8 Å². The summed E-state index contributed by atoms with van der Waals surface area (Å²) in [6.45, 7) is 0. The number of aromatic hydroxyl groups is 1. The van der Waals surface area contributed by atoms with E-state index in [-0.39, 0.29) is 11.3 Å². The number of methoxy groups -OCH3 is 1. The lowest BCUT2D eigenvalue weighted by atomic mass is 9.98. The number of nitrogens with one attached hydrogen (secondary N) is 1. The molecule has 3 aromatic rings. The Balaban J connectivity index is 1.88. The van der Waals surface area contributed by atoms with Gasteiger partial charge in [-0.25, -0.2) is 4.98 Å². The van der Waals surface area contributed by atoms with Gasteiger partial charge in [-0.05, 0) is 66.0 Å². The minimum Gasteiger partial charge on any atom is -0.504 e. The van der Waals surface area contributed by atoms with Crippen LogP contribution in [0.15, 0.2) is 16.9 Å². The first-order valence-corrected chi connectivity index (χ1v) is 10.6. The average Bonchev–Trinajstić information content (AvgIpc) is 2.94. The van der Waals surface area contributed by atoms with E-state index in [0.29, 0.717) is 15.1 Å². The number of thiophene rings is 1. The van der Waals surface area contributed by atoms with Crippen LogP contribution in [0.2, 0.25) is 0 Å². The van der Waals surface area contributed by atoms with Crippen molar-refractivity contribution < 1.29 is 9.84 Å². The summed E-state index contributed by atoms with van der Waals surface area (Å²) in [4.78, 5) is 22.6. The van der Waals surface area contributed by atoms with Crippen molar-refractivity contribution in [2.24, 2.45) is 0 Å². The van der Waals surface area contributed by atoms with Crippen molar-refractivity contribution in [2.75, 3.05) is 7.11 Å². The zero-order valence-corrected chi connectivity index (χ0v) is 17.4. The van der Waals surface area contributed by atoms with Crippen molar-refractivity contribution in [1.29, 1.82) is 0 Å². The Labute approximate surface area is 168 Å². The molecule has 0 radical (unpaired) electrons. The number of phenols is 1. The van der Waals surface area contributed by atoms with Gasteiger partial charge in [0, 0.05) is 10.4 Å². The van der Waals surface area contributed by atoms with Gasteiger partial charge in [0.1, 0.15) is 10.7 Å². The molecule has 1 aliphatic carbocycles. The Bertz CT molecular complexity index is 1040. The molecule has 2 N–H and O–H groups in total. The molecule has 26 heavy (non-hydrogen) atoms. The number of aryl methyl sites for hydroxylation is 2. The molecule has 2 aromatic heterocycles. The first kappa shape index (κ1) is 17.8. The van der Waals surface area contributed by atoms with Crippen LogP contribution in [0.1, 0.15) is 36.1 Å². The maximum atomic E-state index is 12.8. The standard InChI is InChI=1S/C19H19IN2O3S/c1-25-13-9-10(8-12(20)16(13)23)17-21-18(24)15-11-6-4-2-3-5-7-14(11)26-19(15)22-17/h8-9,23H,2-7H2,1H3,(H,21,22,24). The Hall–Kier alpha value is -1.61. The van der Waals surface area contributed by atoms with Gasteiger partial charge in [0.25, 0.3) is 5.56 Å². The highest BCUT2D eigenvalue weighted by atomic mass is 127. The summed E-state index contributed by atoms with van der Waals surface area (Å²) in [5, 5.41) is 10.8. The molecule has 0 spiro atoms. The van der Waals surface area contributed by atoms with E-state index in [9.17, 15) is 9.90 Å².